The van der Waals surface area contributed by atoms with E-state index in [0.717, 1.165) is 9.52 Å². The van der Waals surface area contributed by atoms with Gasteiger partial charge in [0.1, 0.15) is 0 Å². The molecule has 6 rings (SSSR count). The molecule has 2 radical (unpaired) electrons. The molecule has 0 unspecified atom stereocenters. The second-order valence-corrected chi connectivity index (χ2v) is 10.8. The zero-order chi connectivity index (χ0) is 26.4. The van der Waals surface area contributed by atoms with Crippen LogP contribution in [0.25, 0.3) is 43.8 Å². The average Bonchev–Trinajstić information content (AvgIpc) is 3.58. The van der Waals surface area contributed by atoms with Gasteiger partial charge in [0.25, 0.3) is 0 Å². The van der Waals surface area contributed by atoms with Crippen molar-refractivity contribution < 1.29 is 26.2 Å². The first-order valence-electron chi connectivity index (χ1n) is 13.0. The standard InChI is InChI=1S/2C17H15.C2H6Si.Zr/c2*1-12-8-9-13(2)17-11-15(10-16(12)17)14-6-4-3-5-7-14;1-3-2;/h2*3-11H,1-2H3;1-2H3;/q2*-1;;+2. The molecule has 0 atom stereocenters. The van der Waals surface area contributed by atoms with Gasteiger partial charge in [0.05, 0.1) is 0 Å². The molecule has 0 aliphatic heterocycles. The van der Waals surface area contributed by atoms with E-state index in [0.29, 0.717) is 0 Å². The van der Waals surface area contributed by atoms with E-state index in [-0.39, 0.29) is 26.2 Å². The molecule has 0 fully saturated rings. The number of hydrogen-bond donors (Lipinski definition) is 0. The van der Waals surface area contributed by atoms with Crippen molar-refractivity contribution in [2.24, 2.45) is 0 Å². The summed E-state index contributed by atoms with van der Waals surface area (Å²) in [7, 11) is 1.08. The van der Waals surface area contributed by atoms with Crippen LogP contribution in [0.1, 0.15) is 22.3 Å². The molecule has 0 aliphatic carbocycles. The summed E-state index contributed by atoms with van der Waals surface area (Å²) in [6.07, 6.45) is 0. The molecular weight excluding hydrogens is 552 g/mol. The summed E-state index contributed by atoms with van der Waals surface area (Å²) in [5, 5.41) is 5.51. The van der Waals surface area contributed by atoms with Crippen LogP contribution in [0.5, 0.6) is 0 Å². The Kier molecular flexibility index (Phi) is 10.8. The SMILES string of the molecule is C[Si]C.Cc1ccc(C)c2[cH-]c(-c3ccccc3)cc12.Cc1ccc(C)c2[cH-]c(-c3ccccc3)cc12.[Zr+2]. The summed E-state index contributed by atoms with van der Waals surface area (Å²) in [5.74, 6) is 0. The number of hydrogen-bond acceptors (Lipinski definition) is 0. The molecule has 6 aromatic rings. The zero-order valence-corrected chi connectivity index (χ0v) is 26.9. The third kappa shape index (κ3) is 6.79. The van der Waals surface area contributed by atoms with Crippen LogP contribution < -0.4 is 0 Å². The van der Waals surface area contributed by atoms with E-state index in [2.05, 4.69) is 150 Å². The molecular formula is C36H36SiZr. The number of aryl methyl sites for hydroxylation is 4. The van der Waals surface area contributed by atoms with E-state index in [1.54, 1.807) is 0 Å². The van der Waals surface area contributed by atoms with Crippen molar-refractivity contribution in [2.75, 3.05) is 0 Å². The summed E-state index contributed by atoms with van der Waals surface area (Å²) >= 11 is 0. The van der Waals surface area contributed by atoms with Crippen molar-refractivity contribution in [1.29, 1.82) is 0 Å². The molecule has 0 spiro atoms. The molecule has 0 amide bonds. The van der Waals surface area contributed by atoms with Crippen molar-refractivity contribution in [3.8, 4) is 22.3 Å². The normalized spacial score (nSPS) is 10.3. The Morgan fingerprint density at radius 2 is 0.789 bits per heavy atom. The fourth-order valence-electron chi connectivity index (χ4n) is 4.78. The Bertz CT molecular complexity index is 1390. The van der Waals surface area contributed by atoms with Crippen LogP contribution in [0.15, 0.2) is 109 Å². The number of rotatable bonds is 2. The first-order chi connectivity index (χ1) is 17.9. The zero-order valence-electron chi connectivity index (χ0n) is 23.4. The molecule has 0 aromatic heterocycles. The van der Waals surface area contributed by atoms with Gasteiger partial charge in [0.15, 0.2) is 0 Å². The van der Waals surface area contributed by atoms with Crippen LogP contribution >= 0.6 is 0 Å². The van der Waals surface area contributed by atoms with Crippen molar-refractivity contribution >= 4 is 31.1 Å². The van der Waals surface area contributed by atoms with Gasteiger partial charge in [-0.15, -0.1) is 68.1 Å². The van der Waals surface area contributed by atoms with Gasteiger partial charge >= 0.3 is 26.2 Å². The van der Waals surface area contributed by atoms with E-state index >= 15 is 0 Å². The summed E-state index contributed by atoms with van der Waals surface area (Å²) < 4.78 is 0. The van der Waals surface area contributed by atoms with Crippen LogP contribution in [-0.2, 0) is 26.2 Å². The van der Waals surface area contributed by atoms with Crippen LogP contribution in [0.4, 0.5) is 0 Å². The van der Waals surface area contributed by atoms with Crippen LogP contribution in [0.3, 0.4) is 0 Å². The maximum atomic E-state index is 2.30. The first kappa shape index (κ1) is 29.8. The number of benzene rings is 4. The largest absolute Gasteiger partial charge is 2.00 e. The van der Waals surface area contributed by atoms with Gasteiger partial charge in [-0.25, -0.2) is 0 Å². The Morgan fingerprint density at radius 1 is 0.474 bits per heavy atom. The molecule has 0 nitrogen and oxygen atoms in total. The van der Waals surface area contributed by atoms with Crippen LogP contribution in [-0.4, -0.2) is 9.52 Å². The third-order valence-electron chi connectivity index (χ3n) is 6.86. The van der Waals surface area contributed by atoms with Gasteiger partial charge in [-0.2, -0.15) is 0 Å². The van der Waals surface area contributed by atoms with Gasteiger partial charge in [0, 0.05) is 9.52 Å². The van der Waals surface area contributed by atoms with Crippen LogP contribution in [0.2, 0.25) is 13.1 Å². The monoisotopic (exact) mass is 586 g/mol. The average molecular weight is 588 g/mol. The van der Waals surface area contributed by atoms with E-state index < -0.39 is 0 Å². The van der Waals surface area contributed by atoms with Crippen molar-refractivity contribution in [2.45, 2.75) is 40.8 Å². The molecule has 0 heterocycles. The molecule has 0 saturated heterocycles. The van der Waals surface area contributed by atoms with Gasteiger partial charge in [-0.1, -0.05) is 134 Å². The topological polar surface area (TPSA) is 0 Å². The van der Waals surface area contributed by atoms with Crippen molar-refractivity contribution in [1.82, 2.24) is 0 Å². The predicted octanol–water partition coefficient (Wildman–Crippen LogP) is 10.5. The molecule has 2 heteroatoms. The molecule has 0 N–H and O–H groups in total. The second kappa shape index (κ2) is 13.8. The summed E-state index contributed by atoms with van der Waals surface area (Å²) in [4.78, 5) is 0. The van der Waals surface area contributed by atoms with Gasteiger partial charge in [-0.3, -0.25) is 0 Å². The van der Waals surface area contributed by atoms with Gasteiger partial charge < -0.3 is 0 Å². The Hall–Kier alpha value is -2.80. The fraction of sp³-hybridized carbons (Fsp3) is 0.167. The minimum Gasteiger partial charge on any atom is -0.144 e. The maximum absolute atomic E-state index is 2.30. The Balaban J connectivity index is 0.000000187. The van der Waals surface area contributed by atoms with E-state index in [9.17, 15) is 0 Å². The smallest absolute Gasteiger partial charge is 0.144 e. The Morgan fingerprint density at radius 3 is 1.11 bits per heavy atom. The summed E-state index contributed by atoms with van der Waals surface area (Å²) in [6, 6.07) is 39.1. The fourth-order valence-corrected chi connectivity index (χ4v) is 4.78. The molecule has 188 valence electrons. The third-order valence-corrected chi connectivity index (χ3v) is 6.86. The summed E-state index contributed by atoms with van der Waals surface area (Å²) in [6.45, 7) is 13.0. The molecule has 38 heavy (non-hydrogen) atoms. The predicted molar refractivity (Wildman–Crippen MR) is 166 cm³/mol. The molecule has 0 saturated carbocycles. The summed E-state index contributed by atoms with van der Waals surface area (Å²) in [5.41, 5.74) is 10.6. The van der Waals surface area contributed by atoms with Gasteiger partial charge in [-0.05, 0) is 13.8 Å². The maximum Gasteiger partial charge on any atom is 2.00 e. The van der Waals surface area contributed by atoms with Crippen molar-refractivity contribution in [3.63, 3.8) is 0 Å². The number of fused-ring (bicyclic) bond motifs is 2. The molecule has 0 aliphatic rings. The quantitative estimate of drug-likeness (QED) is 0.140. The molecule has 0 bridgehead atoms. The van der Waals surface area contributed by atoms with E-state index in [1.165, 1.54) is 66.1 Å². The molecule has 6 aromatic carbocycles. The Labute approximate surface area is 250 Å². The van der Waals surface area contributed by atoms with Gasteiger partial charge in [0.2, 0.25) is 0 Å². The van der Waals surface area contributed by atoms with E-state index in [4.69, 9.17) is 0 Å². The van der Waals surface area contributed by atoms with Crippen molar-refractivity contribution in [3.05, 3.63) is 131 Å². The van der Waals surface area contributed by atoms with E-state index in [1.807, 2.05) is 0 Å². The second-order valence-electron chi connectivity index (χ2n) is 9.77. The first-order valence-corrected chi connectivity index (χ1v) is 15.0. The minimum atomic E-state index is 0. The van der Waals surface area contributed by atoms with Crippen LogP contribution in [0, 0.1) is 27.7 Å². The minimum absolute atomic E-state index is 0.